The summed E-state index contributed by atoms with van der Waals surface area (Å²) in [5.74, 6) is -0.839. The summed E-state index contributed by atoms with van der Waals surface area (Å²) >= 11 is 0. The molecule has 0 aromatic carbocycles. The summed E-state index contributed by atoms with van der Waals surface area (Å²) < 4.78 is 0. The summed E-state index contributed by atoms with van der Waals surface area (Å²) in [4.78, 5) is 33.8. The molecule has 0 atom stereocenters. The van der Waals surface area contributed by atoms with Gasteiger partial charge in [0.15, 0.2) is 0 Å². The molecular weight excluding hydrogens is 368 g/mol. The lowest BCUT2D eigenvalue weighted by atomic mass is 10.1. The van der Waals surface area contributed by atoms with Crippen molar-refractivity contribution in [2.75, 3.05) is 13.1 Å². The molecular formula is C23H44N2O4. The predicted molar refractivity (Wildman–Crippen MR) is 118 cm³/mol. The number of aliphatic carboxylic acids is 1. The van der Waals surface area contributed by atoms with Crippen molar-refractivity contribution in [3.8, 4) is 0 Å². The van der Waals surface area contributed by atoms with Crippen LogP contribution in [0, 0.1) is 0 Å². The van der Waals surface area contributed by atoms with Gasteiger partial charge in [0.1, 0.15) is 0 Å². The summed E-state index contributed by atoms with van der Waals surface area (Å²) in [6.07, 6.45) is 17.4. The average molecular weight is 413 g/mol. The van der Waals surface area contributed by atoms with Crippen molar-refractivity contribution in [1.29, 1.82) is 0 Å². The molecule has 0 unspecified atom stereocenters. The molecule has 170 valence electrons. The second kappa shape index (κ2) is 21.1. The molecule has 0 spiro atoms. The molecule has 0 aliphatic carbocycles. The van der Waals surface area contributed by atoms with Crippen LogP contribution in [0.4, 0.5) is 0 Å². The van der Waals surface area contributed by atoms with Crippen molar-refractivity contribution >= 4 is 17.8 Å². The van der Waals surface area contributed by atoms with Gasteiger partial charge in [-0.15, -0.1) is 0 Å². The van der Waals surface area contributed by atoms with E-state index >= 15 is 0 Å². The van der Waals surface area contributed by atoms with Crippen LogP contribution in [-0.2, 0) is 14.4 Å². The standard InChI is InChI=1S/C23H44N2O4/c1-2-3-4-5-11-14-17-21(26)25-20-22(27)24-19-16-13-10-8-6-7-9-12-15-18-23(28)29/h2-20H2,1H3,(H,24,27)(H,25,26)(H,28,29). The Morgan fingerprint density at radius 1 is 0.586 bits per heavy atom. The summed E-state index contributed by atoms with van der Waals surface area (Å²) in [5.41, 5.74) is 0. The average Bonchev–Trinajstić information content (AvgIpc) is 2.69. The molecule has 6 nitrogen and oxygen atoms in total. The molecule has 0 aromatic rings. The molecule has 0 fully saturated rings. The second-order valence-corrected chi connectivity index (χ2v) is 7.97. The molecule has 0 aliphatic heterocycles. The zero-order valence-electron chi connectivity index (χ0n) is 18.6. The molecule has 0 aromatic heterocycles. The zero-order chi connectivity index (χ0) is 21.6. The number of hydrogen-bond donors (Lipinski definition) is 3. The monoisotopic (exact) mass is 412 g/mol. The fourth-order valence-electron chi connectivity index (χ4n) is 3.26. The summed E-state index contributed by atoms with van der Waals surface area (Å²) in [5, 5.41) is 14.1. The Labute approximate surface area is 177 Å². The Hall–Kier alpha value is -1.59. The molecule has 29 heavy (non-hydrogen) atoms. The van der Waals surface area contributed by atoms with Gasteiger partial charge in [0, 0.05) is 19.4 Å². The zero-order valence-corrected chi connectivity index (χ0v) is 18.6. The van der Waals surface area contributed by atoms with Gasteiger partial charge < -0.3 is 15.7 Å². The molecule has 0 bridgehead atoms. The van der Waals surface area contributed by atoms with E-state index < -0.39 is 5.97 Å². The van der Waals surface area contributed by atoms with Crippen LogP contribution < -0.4 is 10.6 Å². The third-order valence-electron chi connectivity index (χ3n) is 5.09. The van der Waals surface area contributed by atoms with Crippen LogP contribution in [0.3, 0.4) is 0 Å². The lowest BCUT2D eigenvalue weighted by molar-refractivity contribution is -0.137. The lowest BCUT2D eigenvalue weighted by Crippen LogP contribution is -2.37. The van der Waals surface area contributed by atoms with E-state index in [0.29, 0.717) is 13.0 Å². The topological polar surface area (TPSA) is 95.5 Å². The molecule has 2 amide bonds. The van der Waals surface area contributed by atoms with Crippen LogP contribution in [0.5, 0.6) is 0 Å². The van der Waals surface area contributed by atoms with Gasteiger partial charge in [-0.25, -0.2) is 0 Å². The molecule has 0 saturated carbocycles. The van der Waals surface area contributed by atoms with Gasteiger partial charge in [-0.05, 0) is 19.3 Å². The van der Waals surface area contributed by atoms with E-state index in [1.807, 2.05) is 0 Å². The van der Waals surface area contributed by atoms with Gasteiger partial charge in [-0.1, -0.05) is 84.0 Å². The van der Waals surface area contributed by atoms with Crippen LogP contribution in [-0.4, -0.2) is 36.0 Å². The third-order valence-corrected chi connectivity index (χ3v) is 5.09. The van der Waals surface area contributed by atoms with Crippen LogP contribution in [0.2, 0.25) is 0 Å². The second-order valence-electron chi connectivity index (χ2n) is 7.97. The minimum absolute atomic E-state index is 0.0291. The van der Waals surface area contributed by atoms with E-state index in [1.54, 1.807) is 0 Å². The maximum atomic E-state index is 11.7. The summed E-state index contributed by atoms with van der Waals surface area (Å²) in [6.45, 7) is 2.94. The highest BCUT2D eigenvalue weighted by Gasteiger charge is 2.05. The molecule has 0 radical (unpaired) electrons. The largest absolute Gasteiger partial charge is 0.481 e. The first-order chi connectivity index (χ1) is 14.1. The number of unbranched alkanes of at least 4 members (excludes halogenated alkanes) is 13. The normalized spacial score (nSPS) is 10.7. The number of carboxylic acid groups (broad SMARTS) is 1. The van der Waals surface area contributed by atoms with E-state index in [9.17, 15) is 14.4 Å². The fourth-order valence-corrected chi connectivity index (χ4v) is 3.26. The van der Waals surface area contributed by atoms with Crippen molar-refractivity contribution in [3.05, 3.63) is 0 Å². The van der Waals surface area contributed by atoms with Crippen LogP contribution in [0.25, 0.3) is 0 Å². The minimum atomic E-state index is -0.701. The molecule has 6 heteroatoms. The number of carbonyl (C=O) groups is 3. The number of rotatable bonds is 21. The quantitative estimate of drug-likeness (QED) is 0.232. The highest BCUT2D eigenvalue weighted by Crippen LogP contribution is 2.10. The minimum Gasteiger partial charge on any atom is -0.481 e. The molecule has 0 aliphatic rings. The van der Waals surface area contributed by atoms with Crippen LogP contribution >= 0.6 is 0 Å². The lowest BCUT2D eigenvalue weighted by Gasteiger charge is -2.07. The summed E-state index contributed by atoms with van der Waals surface area (Å²) in [7, 11) is 0. The molecule has 0 rings (SSSR count). The van der Waals surface area contributed by atoms with E-state index in [4.69, 9.17) is 5.11 Å². The highest BCUT2D eigenvalue weighted by atomic mass is 16.4. The Morgan fingerprint density at radius 3 is 1.62 bits per heavy atom. The third kappa shape index (κ3) is 22.6. The van der Waals surface area contributed by atoms with Gasteiger partial charge in [0.05, 0.1) is 6.54 Å². The first-order valence-electron chi connectivity index (χ1n) is 11.8. The van der Waals surface area contributed by atoms with Crippen LogP contribution in [0.15, 0.2) is 0 Å². The number of amides is 2. The van der Waals surface area contributed by atoms with Gasteiger partial charge in [-0.3, -0.25) is 14.4 Å². The maximum absolute atomic E-state index is 11.7. The first-order valence-corrected chi connectivity index (χ1v) is 11.8. The first kappa shape index (κ1) is 27.4. The van der Waals surface area contributed by atoms with Crippen molar-refractivity contribution in [3.63, 3.8) is 0 Å². The Balaban J connectivity index is 3.31. The van der Waals surface area contributed by atoms with Crippen molar-refractivity contribution < 1.29 is 19.5 Å². The van der Waals surface area contributed by atoms with Crippen molar-refractivity contribution in [2.45, 2.75) is 116 Å². The Kier molecular flexibility index (Phi) is 20.0. The molecule has 0 saturated heterocycles. The van der Waals surface area contributed by atoms with E-state index in [-0.39, 0.29) is 24.8 Å². The van der Waals surface area contributed by atoms with Gasteiger partial charge >= 0.3 is 5.97 Å². The van der Waals surface area contributed by atoms with E-state index in [2.05, 4.69) is 17.6 Å². The summed E-state index contributed by atoms with van der Waals surface area (Å²) in [6, 6.07) is 0. The van der Waals surface area contributed by atoms with E-state index in [0.717, 1.165) is 44.9 Å². The Morgan fingerprint density at radius 2 is 1.07 bits per heavy atom. The Bertz CT molecular complexity index is 427. The predicted octanol–water partition coefficient (Wildman–Crippen LogP) is 4.96. The number of carboxylic acids is 1. The number of hydrogen-bond acceptors (Lipinski definition) is 3. The van der Waals surface area contributed by atoms with E-state index in [1.165, 1.54) is 51.4 Å². The van der Waals surface area contributed by atoms with Gasteiger partial charge in [0.2, 0.25) is 11.8 Å². The fraction of sp³-hybridized carbons (Fsp3) is 0.870. The van der Waals surface area contributed by atoms with Gasteiger partial charge in [0.25, 0.3) is 0 Å². The highest BCUT2D eigenvalue weighted by molar-refractivity contribution is 5.84. The number of nitrogens with one attached hydrogen (secondary N) is 2. The maximum Gasteiger partial charge on any atom is 0.303 e. The van der Waals surface area contributed by atoms with Gasteiger partial charge in [-0.2, -0.15) is 0 Å². The van der Waals surface area contributed by atoms with Crippen molar-refractivity contribution in [2.24, 2.45) is 0 Å². The molecule has 0 heterocycles. The SMILES string of the molecule is CCCCCCCCC(=O)NCC(=O)NCCCCCCCCCCCC(=O)O. The number of carbonyl (C=O) groups excluding carboxylic acids is 2. The van der Waals surface area contributed by atoms with Crippen LogP contribution in [0.1, 0.15) is 116 Å². The molecule has 3 N–H and O–H groups in total. The van der Waals surface area contributed by atoms with Crippen molar-refractivity contribution in [1.82, 2.24) is 10.6 Å². The smallest absolute Gasteiger partial charge is 0.303 e.